The van der Waals surface area contributed by atoms with Crippen LogP contribution in [0.3, 0.4) is 0 Å². The third-order valence-corrected chi connectivity index (χ3v) is 6.17. The number of carbonyl (C=O) groups is 3. The van der Waals surface area contributed by atoms with E-state index in [-0.39, 0.29) is 28.5 Å². The van der Waals surface area contributed by atoms with E-state index in [2.05, 4.69) is 9.47 Å². The van der Waals surface area contributed by atoms with Crippen LogP contribution in [0.4, 0.5) is 0 Å². The molecule has 0 aliphatic carbocycles. The van der Waals surface area contributed by atoms with Crippen LogP contribution < -0.4 is 0 Å². The number of benzene rings is 1. The van der Waals surface area contributed by atoms with Crippen LogP contribution in [-0.4, -0.2) is 76.4 Å². The molecule has 1 atom stereocenters. The van der Waals surface area contributed by atoms with Crippen molar-refractivity contribution >= 4 is 27.9 Å². The number of amides is 1. The normalized spacial score (nSPS) is 17.4. The maximum atomic E-state index is 13.1. The fourth-order valence-electron chi connectivity index (χ4n) is 2.93. The number of esters is 2. The van der Waals surface area contributed by atoms with E-state index in [0.717, 1.165) is 30.7 Å². The molecule has 10 heteroatoms. The standard InChI is InChI=1S/C17H22N2O7S/c1-18(2)15(20)14-6-5-7-19(14)27(23,24)13-9-11(16(21)25-3)8-12(10-13)17(22)26-4/h8-10,14H,5-7H2,1-4H3/t14-/m1/s1. The first-order valence-electron chi connectivity index (χ1n) is 8.18. The van der Waals surface area contributed by atoms with Gasteiger partial charge in [-0.25, -0.2) is 18.0 Å². The van der Waals surface area contributed by atoms with Crippen LogP contribution in [0.2, 0.25) is 0 Å². The first kappa shape index (κ1) is 20.8. The number of carbonyl (C=O) groups excluding carboxylic acids is 3. The van der Waals surface area contributed by atoms with Crippen molar-refractivity contribution in [2.45, 2.75) is 23.8 Å². The number of hydrogen-bond donors (Lipinski definition) is 0. The highest BCUT2D eigenvalue weighted by Crippen LogP contribution is 2.28. The molecule has 0 aromatic heterocycles. The van der Waals surface area contributed by atoms with Crippen molar-refractivity contribution in [3.63, 3.8) is 0 Å². The van der Waals surface area contributed by atoms with Crippen LogP contribution in [0.5, 0.6) is 0 Å². The van der Waals surface area contributed by atoms with Gasteiger partial charge in [0.2, 0.25) is 15.9 Å². The van der Waals surface area contributed by atoms with Gasteiger partial charge in [-0.05, 0) is 31.0 Å². The van der Waals surface area contributed by atoms with E-state index in [1.807, 2.05) is 0 Å². The lowest BCUT2D eigenvalue weighted by atomic mass is 10.1. The zero-order chi connectivity index (χ0) is 20.4. The van der Waals surface area contributed by atoms with Gasteiger partial charge in [-0.15, -0.1) is 0 Å². The smallest absolute Gasteiger partial charge is 0.337 e. The van der Waals surface area contributed by atoms with Crippen LogP contribution in [0.25, 0.3) is 0 Å². The van der Waals surface area contributed by atoms with E-state index in [1.165, 1.54) is 11.0 Å². The molecular weight excluding hydrogens is 376 g/mol. The van der Waals surface area contributed by atoms with Crippen molar-refractivity contribution in [2.24, 2.45) is 0 Å². The van der Waals surface area contributed by atoms with Gasteiger partial charge in [0.1, 0.15) is 6.04 Å². The summed E-state index contributed by atoms with van der Waals surface area (Å²) in [6.45, 7) is 0.169. The van der Waals surface area contributed by atoms with E-state index in [9.17, 15) is 22.8 Å². The van der Waals surface area contributed by atoms with Crippen molar-refractivity contribution < 1.29 is 32.3 Å². The molecule has 0 saturated carbocycles. The number of likely N-dealkylation sites (N-methyl/N-ethyl adjacent to an activating group) is 1. The molecule has 1 saturated heterocycles. The van der Waals surface area contributed by atoms with Crippen LogP contribution >= 0.6 is 0 Å². The van der Waals surface area contributed by atoms with Crippen molar-refractivity contribution in [3.05, 3.63) is 29.3 Å². The van der Waals surface area contributed by atoms with Crippen molar-refractivity contribution in [1.29, 1.82) is 0 Å². The van der Waals surface area contributed by atoms with Gasteiger partial charge in [0, 0.05) is 20.6 Å². The highest BCUT2D eigenvalue weighted by molar-refractivity contribution is 7.89. The topological polar surface area (TPSA) is 110 Å². The lowest BCUT2D eigenvalue weighted by molar-refractivity contribution is -0.132. The summed E-state index contributed by atoms with van der Waals surface area (Å²) in [5.74, 6) is -1.91. The first-order chi connectivity index (χ1) is 12.6. The summed E-state index contributed by atoms with van der Waals surface area (Å²) in [7, 11) is 1.28. The average Bonchev–Trinajstić information content (AvgIpc) is 3.16. The Kier molecular flexibility index (Phi) is 6.22. The largest absolute Gasteiger partial charge is 0.465 e. The predicted molar refractivity (Wildman–Crippen MR) is 94.7 cm³/mol. The molecule has 9 nitrogen and oxygen atoms in total. The molecular formula is C17H22N2O7S. The van der Waals surface area contributed by atoms with Crippen molar-refractivity contribution in [3.8, 4) is 0 Å². The Hall–Kier alpha value is -2.46. The zero-order valence-corrected chi connectivity index (χ0v) is 16.4. The molecule has 1 aliphatic rings. The van der Waals surface area contributed by atoms with E-state index in [4.69, 9.17) is 0 Å². The van der Waals surface area contributed by atoms with E-state index < -0.39 is 28.0 Å². The molecule has 0 radical (unpaired) electrons. The molecule has 1 fully saturated rings. The van der Waals surface area contributed by atoms with Gasteiger partial charge < -0.3 is 14.4 Å². The van der Waals surface area contributed by atoms with E-state index in [1.54, 1.807) is 14.1 Å². The number of nitrogens with zero attached hydrogens (tertiary/aromatic N) is 2. The molecule has 1 aromatic carbocycles. The minimum atomic E-state index is -4.12. The molecule has 1 aliphatic heterocycles. The molecule has 0 unspecified atom stereocenters. The molecule has 2 rings (SSSR count). The molecule has 1 heterocycles. The Morgan fingerprint density at radius 1 is 1.04 bits per heavy atom. The summed E-state index contributed by atoms with van der Waals surface area (Å²) in [6.07, 6.45) is 0.931. The SMILES string of the molecule is COC(=O)c1cc(C(=O)OC)cc(S(=O)(=O)N2CCC[C@@H]2C(=O)N(C)C)c1. The molecule has 0 bridgehead atoms. The second-order valence-electron chi connectivity index (χ2n) is 6.24. The monoisotopic (exact) mass is 398 g/mol. The third-order valence-electron chi connectivity index (χ3n) is 4.28. The molecule has 0 N–H and O–H groups in total. The van der Waals surface area contributed by atoms with E-state index in [0.29, 0.717) is 12.8 Å². The lowest BCUT2D eigenvalue weighted by Crippen LogP contribution is -2.45. The Labute approximate surface area is 157 Å². The van der Waals surface area contributed by atoms with Gasteiger partial charge in [0.15, 0.2) is 0 Å². The Bertz CT molecular complexity index is 830. The fraction of sp³-hybridized carbons (Fsp3) is 0.471. The van der Waals surface area contributed by atoms with Crippen molar-refractivity contribution in [1.82, 2.24) is 9.21 Å². The Balaban J connectivity index is 2.55. The second-order valence-corrected chi connectivity index (χ2v) is 8.13. The van der Waals surface area contributed by atoms with Gasteiger partial charge >= 0.3 is 11.9 Å². The molecule has 0 spiro atoms. The molecule has 27 heavy (non-hydrogen) atoms. The quantitative estimate of drug-likeness (QED) is 0.664. The van der Waals surface area contributed by atoms with Crippen LogP contribution in [0.1, 0.15) is 33.6 Å². The highest BCUT2D eigenvalue weighted by Gasteiger charge is 2.40. The van der Waals surface area contributed by atoms with E-state index >= 15 is 0 Å². The average molecular weight is 398 g/mol. The van der Waals surface area contributed by atoms with Gasteiger partial charge in [-0.1, -0.05) is 0 Å². The Morgan fingerprint density at radius 3 is 2.00 bits per heavy atom. The summed E-state index contributed by atoms with van der Waals surface area (Å²) in [6, 6.07) is 2.63. The molecule has 148 valence electrons. The lowest BCUT2D eigenvalue weighted by Gasteiger charge is -2.25. The summed E-state index contributed by atoms with van der Waals surface area (Å²) in [5.41, 5.74) is -0.206. The van der Waals surface area contributed by atoms with Crippen molar-refractivity contribution in [2.75, 3.05) is 34.9 Å². The third kappa shape index (κ3) is 4.11. The minimum Gasteiger partial charge on any atom is -0.465 e. The Morgan fingerprint density at radius 2 is 1.56 bits per heavy atom. The second kappa shape index (κ2) is 8.05. The first-order valence-corrected chi connectivity index (χ1v) is 9.62. The molecule has 1 aromatic rings. The molecule has 1 amide bonds. The number of sulfonamides is 1. The van der Waals surface area contributed by atoms with Crippen LogP contribution in [0, 0.1) is 0 Å². The highest BCUT2D eigenvalue weighted by atomic mass is 32.2. The van der Waals surface area contributed by atoms with Gasteiger partial charge in [-0.3, -0.25) is 4.79 Å². The number of rotatable bonds is 5. The minimum absolute atomic E-state index is 0.103. The summed E-state index contributed by atoms with van der Waals surface area (Å²) < 4.78 is 36.7. The van der Waals surface area contributed by atoms with Gasteiger partial charge in [0.05, 0.1) is 30.2 Å². The number of methoxy groups -OCH3 is 2. The maximum absolute atomic E-state index is 13.1. The number of ether oxygens (including phenoxy) is 2. The summed E-state index contributed by atoms with van der Waals surface area (Å²) >= 11 is 0. The van der Waals surface area contributed by atoms with Gasteiger partial charge in [-0.2, -0.15) is 4.31 Å². The van der Waals surface area contributed by atoms with Crippen LogP contribution in [0.15, 0.2) is 23.1 Å². The predicted octanol–water partition coefficient (Wildman–Crippen LogP) is 0.501. The summed E-state index contributed by atoms with van der Waals surface area (Å²) in [5, 5.41) is 0. The van der Waals surface area contributed by atoms with Crippen LogP contribution in [-0.2, 0) is 24.3 Å². The van der Waals surface area contributed by atoms with Gasteiger partial charge in [0.25, 0.3) is 0 Å². The summed E-state index contributed by atoms with van der Waals surface area (Å²) in [4.78, 5) is 37.2. The fourth-order valence-corrected chi connectivity index (χ4v) is 4.65. The zero-order valence-electron chi connectivity index (χ0n) is 15.6. The number of hydrogen-bond acceptors (Lipinski definition) is 7. The maximum Gasteiger partial charge on any atom is 0.337 e.